The summed E-state index contributed by atoms with van der Waals surface area (Å²) in [5.74, 6) is 0. The van der Waals surface area contributed by atoms with Crippen LogP contribution in [0.5, 0.6) is 0 Å². The van der Waals surface area contributed by atoms with Crippen molar-refractivity contribution >= 4 is 49.8 Å². The Labute approximate surface area is 256 Å². The lowest BCUT2D eigenvalue weighted by Gasteiger charge is -2.42. The van der Waals surface area contributed by atoms with Crippen LogP contribution in [0.1, 0.15) is 25.0 Å². The maximum absolute atomic E-state index is 2.44. The summed E-state index contributed by atoms with van der Waals surface area (Å²) in [4.78, 5) is 2.42. The Kier molecular flexibility index (Phi) is 5.24. The predicted molar refractivity (Wildman–Crippen MR) is 184 cm³/mol. The van der Waals surface area contributed by atoms with Gasteiger partial charge in [0.25, 0.3) is 0 Å². The molecular formula is C41H31N3. The molecule has 0 saturated heterocycles. The first-order valence-corrected chi connectivity index (χ1v) is 15.3. The Morgan fingerprint density at radius 3 is 1.77 bits per heavy atom. The van der Waals surface area contributed by atoms with Crippen LogP contribution < -0.4 is 4.90 Å². The van der Waals surface area contributed by atoms with E-state index in [2.05, 4.69) is 180 Å². The van der Waals surface area contributed by atoms with Gasteiger partial charge in [-0.1, -0.05) is 92.7 Å². The molecule has 0 spiro atoms. The highest BCUT2D eigenvalue weighted by Gasteiger charge is 2.36. The normalized spacial score (nSPS) is 13.8. The molecule has 3 heteroatoms. The number of hydrogen-bond acceptors (Lipinski definition) is 1. The lowest BCUT2D eigenvalue weighted by Crippen LogP contribution is -2.30. The Balaban J connectivity index is 1.25. The van der Waals surface area contributed by atoms with E-state index in [9.17, 15) is 0 Å². The fraction of sp³-hybridized carbons (Fsp3) is 0.0732. The SMILES string of the molecule is CC1(C)c2ccccc2N(c2ccc(-n3c4ccccc4c4ccc5c(ccn5-c5ccccc5)c43)cc2)c2ccccc21. The quantitative estimate of drug-likeness (QED) is 0.208. The minimum atomic E-state index is -0.0753. The van der Waals surface area contributed by atoms with E-state index < -0.39 is 0 Å². The second kappa shape index (κ2) is 9.23. The third-order valence-corrected chi connectivity index (χ3v) is 9.54. The first kappa shape index (κ1) is 25.0. The molecule has 0 unspecified atom stereocenters. The second-order valence-electron chi connectivity index (χ2n) is 12.3. The van der Waals surface area contributed by atoms with Crippen LogP contribution in [0.3, 0.4) is 0 Å². The van der Waals surface area contributed by atoms with Crippen LogP contribution in [-0.2, 0) is 5.41 Å². The standard InChI is InChI=1S/C41H31N3/c1-41(2)34-15-7-10-18-38(34)43(39-19-11-8-16-35(39)41)29-20-22-30(23-21-29)44-37-17-9-6-14-31(37)32-24-25-36-33(40(32)44)26-27-42(36)28-12-4-3-5-13-28/h3-27H,1-2H3. The van der Waals surface area contributed by atoms with E-state index in [-0.39, 0.29) is 5.41 Å². The fourth-order valence-electron chi connectivity index (χ4n) is 7.46. The van der Waals surface area contributed by atoms with Crippen molar-refractivity contribution in [3.05, 3.63) is 163 Å². The van der Waals surface area contributed by atoms with Gasteiger partial charge in [0.05, 0.1) is 27.9 Å². The zero-order valence-corrected chi connectivity index (χ0v) is 24.8. The number of rotatable bonds is 3. The van der Waals surface area contributed by atoms with E-state index in [4.69, 9.17) is 0 Å². The Morgan fingerprint density at radius 1 is 0.432 bits per heavy atom. The van der Waals surface area contributed by atoms with Gasteiger partial charge in [-0.2, -0.15) is 0 Å². The number of anilines is 3. The molecule has 0 bridgehead atoms. The zero-order chi connectivity index (χ0) is 29.4. The topological polar surface area (TPSA) is 13.1 Å². The average Bonchev–Trinajstić information content (AvgIpc) is 3.65. The summed E-state index contributed by atoms with van der Waals surface area (Å²) < 4.78 is 4.72. The third kappa shape index (κ3) is 3.44. The third-order valence-electron chi connectivity index (χ3n) is 9.54. The number of para-hydroxylation sites is 4. The Hall–Kier alpha value is -5.54. The molecule has 0 amide bonds. The van der Waals surface area contributed by atoms with Crippen LogP contribution >= 0.6 is 0 Å². The number of benzene rings is 6. The lowest BCUT2D eigenvalue weighted by molar-refractivity contribution is 0.632. The summed E-state index contributed by atoms with van der Waals surface area (Å²) in [6.45, 7) is 4.67. The molecule has 6 aromatic carbocycles. The molecule has 1 aliphatic heterocycles. The largest absolute Gasteiger partial charge is 0.316 e. The summed E-state index contributed by atoms with van der Waals surface area (Å²) in [6, 6.07) is 52.9. The molecule has 0 N–H and O–H groups in total. The molecule has 210 valence electrons. The van der Waals surface area contributed by atoms with E-state index >= 15 is 0 Å². The van der Waals surface area contributed by atoms with Crippen molar-refractivity contribution in [2.24, 2.45) is 0 Å². The first-order chi connectivity index (χ1) is 21.6. The molecule has 3 nitrogen and oxygen atoms in total. The van der Waals surface area contributed by atoms with Gasteiger partial charge in [0.2, 0.25) is 0 Å². The average molecular weight is 566 g/mol. The molecule has 44 heavy (non-hydrogen) atoms. The summed E-state index contributed by atoms with van der Waals surface area (Å²) >= 11 is 0. The fourth-order valence-corrected chi connectivity index (χ4v) is 7.46. The molecule has 9 rings (SSSR count). The highest BCUT2D eigenvalue weighted by molar-refractivity contribution is 6.18. The maximum Gasteiger partial charge on any atom is 0.0635 e. The smallest absolute Gasteiger partial charge is 0.0635 e. The zero-order valence-electron chi connectivity index (χ0n) is 24.8. The summed E-state index contributed by atoms with van der Waals surface area (Å²) in [7, 11) is 0. The molecule has 3 heterocycles. The summed E-state index contributed by atoms with van der Waals surface area (Å²) in [5, 5.41) is 3.78. The highest BCUT2D eigenvalue weighted by atomic mass is 15.2. The molecule has 0 aliphatic carbocycles. The van der Waals surface area contributed by atoms with Crippen LogP contribution in [0.4, 0.5) is 17.1 Å². The predicted octanol–water partition coefficient (Wildman–Crippen LogP) is 10.8. The van der Waals surface area contributed by atoms with Crippen molar-refractivity contribution < 1.29 is 0 Å². The van der Waals surface area contributed by atoms with Gasteiger partial charge >= 0.3 is 0 Å². The lowest BCUT2D eigenvalue weighted by atomic mass is 9.73. The van der Waals surface area contributed by atoms with Crippen LogP contribution in [0.15, 0.2) is 152 Å². The molecule has 0 atom stereocenters. The molecule has 0 fully saturated rings. The van der Waals surface area contributed by atoms with Gasteiger partial charge < -0.3 is 14.0 Å². The van der Waals surface area contributed by atoms with Crippen LogP contribution in [0.25, 0.3) is 44.1 Å². The maximum atomic E-state index is 2.44. The van der Waals surface area contributed by atoms with Gasteiger partial charge in [-0.15, -0.1) is 0 Å². The number of hydrogen-bond donors (Lipinski definition) is 0. The minimum Gasteiger partial charge on any atom is -0.316 e. The number of nitrogens with zero attached hydrogens (tertiary/aromatic N) is 3. The Morgan fingerprint density at radius 2 is 1.05 bits per heavy atom. The van der Waals surface area contributed by atoms with E-state index in [1.165, 1.54) is 60.9 Å². The van der Waals surface area contributed by atoms with Crippen LogP contribution in [0, 0.1) is 0 Å². The number of aromatic nitrogens is 2. The Bertz CT molecular complexity index is 2300. The van der Waals surface area contributed by atoms with Crippen molar-refractivity contribution in [1.29, 1.82) is 0 Å². The molecular weight excluding hydrogens is 534 g/mol. The van der Waals surface area contributed by atoms with Gasteiger partial charge in [0, 0.05) is 44.8 Å². The molecule has 2 aromatic heterocycles. The second-order valence-corrected chi connectivity index (χ2v) is 12.3. The molecule has 8 aromatic rings. The van der Waals surface area contributed by atoms with E-state index in [0.717, 1.165) is 11.4 Å². The highest BCUT2D eigenvalue weighted by Crippen LogP contribution is 2.51. The van der Waals surface area contributed by atoms with Gasteiger partial charge in [-0.05, 0) is 77.9 Å². The van der Waals surface area contributed by atoms with Crippen molar-refractivity contribution in [2.75, 3.05) is 4.90 Å². The summed E-state index contributed by atoms with van der Waals surface area (Å²) in [6.07, 6.45) is 2.19. The van der Waals surface area contributed by atoms with Crippen molar-refractivity contribution in [1.82, 2.24) is 9.13 Å². The van der Waals surface area contributed by atoms with Crippen LogP contribution in [0.2, 0.25) is 0 Å². The monoisotopic (exact) mass is 565 g/mol. The van der Waals surface area contributed by atoms with E-state index in [1.54, 1.807) is 0 Å². The van der Waals surface area contributed by atoms with E-state index in [0.29, 0.717) is 0 Å². The van der Waals surface area contributed by atoms with Crippen LogP contribution in [-0.4, -0.2) is 9.13 Å². The molecule has 1 aliphatic rings. The van der Waals surface area contributed by atoms with Gasteiger partial charge in [0.1, 0.15) is 0 Å². The van der Waals surface area contributed by atoms with Gasteiger partial charge in [-0.25, -0.2) is 0 Å². The molecule has 0 saturated carbocycles. The molecule has 0 radical (unpaired) electrons. The first-order valence-electron chi connectivity index (χ1n) is 15.3. The van der Waals surface area contributed by atoms with E-state index in [1.807, 2.05) is 0 Å². The van der Waals surface area contributed by atoms with Crippen molar-refractivity contribution in [2.45, 2.75) is 19.3 Å². The van der Waals surface area contributed by atoms with Gasteiger partial charge in [-0.3, -0.25) is 0 Å². The van der Waals surface area contributed by atoms with Crippen molar-refractivity contribution in [3.63, 3.8) is 0 Å². The summed E-state index contributed by atoms with van der Waals surface area (Å²) in [5.41, 5.74) is 12.2. The minimum absolute atomic E-state index is 0.0753. The number of fused-ring (bicyclic) bond motifs is 7. The van der Waals surface area contributed by atoms with Gasteiger partial charge in [0.15, 0.2) is 0 Å². The van der Waals surface area contributed by atoms with Crippen molar-refractivity contribution in [3.8, 4) is 11.4 Å².